The molecule has 1 aliphatic heterocycles. The Morgan fingerprint density at radius 1 is 1.40 bits per heavy atom. The second kappa shape index (κ2) is 4.04. The van der Waals surface area contributed by atoms with E-state index in [1.807, 2.05) is 6.07 Å². The Morgan fingerprint density at radius 3 is 2.93 bits per heavy atom. The summed E-state index contributed by atoms with van der Waals surface area (Å²) < 4.78 is 5.66. The van der Waals surface area contributed by atoms with Crippen molar-refractivity contribution >= 4 is 0 Å². The van der Waals surface area contributed by atoms with E-state index in [1.165, 1.54) is 16.7 Å². The number of nitrogens with zero attached hydrogens (tertiary/aromatic N) is 1. The van der Waals surface area contributed by atoms with Gasteiger partial charge in [0, 0.05) is 6.61 Å². The smallest absolute Gasteiger partial charge is 0.0986 e. The van der Waals surface area contributed by atoms with Crippen LogP contribution in [0.1, 0.15) is 29.2 Å². The fourth-order valence-corrected chi connectivity index (χ4v) is 2.11. The molecule has 0 bridgehead atoms. The lowest BCUT2D eigenvalue weighted by molar-refractivity contribution is 0.100. The van der Waals surface area contributed by atoms with Gasteiger partial charge in [0.25, 0.3) is 0 Å². The molecular formula is C13H15NO. The van der Waals surface area contributed by atoms with Gasteiger partial charge in [0.1, 0.15) is 0 Å². The molecule has 2 nitrogen and oxygen atoms in total. The number of hydrogen-bond acceptors (Lipinski definition) is 2. The van der Waals surface area contributed by atoms with E-state index in [9.17, 15) is 0 Å². The number of hydrogen-bond donors (Lipinski definition) is 0. The Hall–Kier alpha value is -1.33. The Balaban J connectivity index is 2.37. The first-order valence-electron chi connectivity index (χ1n) is 5.31. The molecule has 1 aromatic rings. The Morgan fingerprint density at radius 2 is 2.20 bits per heavy atom. The first-order valence-corrected chi connectivity index (χ1v) is 5.31. The minimum absolute atomic E-state index is 0.0186. The van der Waals surface area contributed by atoms with Gasteiger partial charge >= 0.3 is 0 Å². The van der Waals surface area contributed by atoms with Crippen LogP contribution in [0.15, 0.2) is 18.2 Å². The zero-order valence-corrected chi connectivity index (χ0v) is 9.16. The van der Waals surface area contributed by atoms with Crippen LogP contribution in [0.3, 0.4) is 0 Å². The van der Waals surface area contributed by atoms with E-state index in [0.717, 1.165) is 6.42 Å². The summed E-state index contributed by atoms with van der Waals surface area (Å²) >= 11 is 0. The van der Waals surface area contributed by atoms with E-state index < -0.39 is 0 Å². The molecule has 2 atom stereocenters. The summed E-state index contributed by atoms with van der Waals surface area (Å²) in [4.78, 5) is 0. The molecule has 2 unspecified atom stereocenters. The van der Waals surface area contributed by atoms with Crippen LogP contribution in [0, 0.1) is 31.1 Å². The standard InChI is InChI=1S/C13H15NO/c1-9-4-3-5-12(10(9)2)13-11(8-14)6-7-15-13/h3-5,11,13H,6-7H2,1-2H3. The molecule has 2 rings (SSSR count). The summed E-state index contributed by atoms with van der Waals surface area (Å²) in [7, 11) is 0. The molecule has 78 valence electrons. The maximum Gasteiger partial charge on any atom is 0.0986 e. The van der Waals surface area contributed by atoms with E-state index in [4.69, 9.17) is 10.00 Å². The molecule has 0 aliphatic carbocycles. The number of benzene rings is 1. The zero-order valence-electron chi connectivity index (χ0n) is 9.16. The first kappa shape index (κ1) is 10.2. The predicted octanol–water partition coefficient (Wildman–Crippen LogP) is 2.90. The van der Waals surface area contributed by atoms with Gasteiger partial charge in [0.2, 0.25) is 0 Å². The highest BCUT2D eigenvalue weighted by Gasteiger charge is 2.30. The van der Waals surface area contributed by atoms with Gasteiger partial charge in [-0.2, -0.15) is 5.26 Å². The van der Waals surface area contributed by atoms with Crippen LogP contribution in [0.4, 0.5) is 0 Å². The highest BCUT2D eigenvalue weighted by atomic mass is 16.5. The average molecular weight is 201 g/mol. The lowest BCUT2D eigenvalue weighted by Crippen LogP contribution is -2.07. The average Bonchev–Trinajstić information content (AvgIpc) is 2.70. The van der Waals surface area contributed by atoms with Gasteiger partial charge in [-0.05, 0) is 37.0 Å². The van der Waals surface area contributed by atoms with Gasteiger partial charge in [0.05, 0.1) is 18.1 Å². The molecule has 15 heavy (non-hydrogen) atoms. The normalized spacial score (nSPS) is 25.1. The second-order valence-electron chi connectivity index (χ2n) is 4.10. The van der Waals surface area contributed by atoms with Crippen LogP contribution >= 0.6 is 0 Å². The zero-order chi connectivity index (χ0) is 10.8. The van der Waals surface area contributed by atoms with Crippen LogP contribution in [-0.2, 0) is 4.74 Å². The van der Waals surface area contributed by atoms with E-state index in [0.29, 0.717) is 6.61 Å². The lowest BCUT2D eigenvalue weighted by atomic mass is 9.92. The van der Waals surface area contributed by atoms with Crippen molar-refractivity contribution in [1.82, 2.24) is 0 Å². The minimum Gasteiger partial charge on any atom is -0.372 e. The number of aryl methyl sites for hydroxylation is 1. The summed E-state index contributed by atoms with van der Waals surface area (Å²) in [6.07, 6.45) is 0.837. The highest BCUT2D eigenvalue weighted by molar-refractivity contribution is 5.36. The Labute approximate surface area is 90.5 Å². The van der Waals surface area contributed by atoms with Crippen LogP contribution in [0.2, 0.25) is 0 Å². The molecule has 0 saturated carbocycles. The topological polar surface area (TPSA) is 33.0 Å². The lowest BCUT2D eigenvalue weighted by Gasteiger charge is -2.17. The molecule has 0 amide bonds. The molecule has 0 radical (unpaired) electrons. The molecule has 0 aromatic heterocycles. The van der Waals surface area contributed by atoms with E-state index in [-0.39, 0.29) is 12.0 Å². The quantitative estimate of drug-likeness (QED) is 0.700. The summed E-state index contributed by atoms with van der Waals surface area (Å²) in [6.45, 7) is 4.90. The Kier molecular flexibility index (Phi) is 2.75. The van der Waals surface area contributed by atoms with Crippen molar-refractivity contribution in [2.24, 2.45) is 5.92 Å². The van der Waals surface area contributed by atoms with Crippen molar-refractivity contribution in [2.75, 3.05) is 6.61 Å². The van der Waals surface area contributed by atoms with E-state index in [1.54, 1.807) is 0 Å². The van der Waals surface area contributed by atoms with Gasteiger partial charge in [-0.15, -0.1) is 0 Å². The third-order valence-electron chi connectivity index (χ3n) is 3.21. The fraction of sp³-hybridized carbons (Fsp3) is 0.462. The predicted molar refractivity (Wildman–Crippen MR) is 58.3 cm³/mol. The number of ether oxygens (including phenoxy) is 1. The highest BCUT2D eigenvalue weighted by Crippen LogP contribution is 2.36. The van der Waals surface area contributed by atoms with E-state index >= 15 is 0 Å². The summed E-state index contributed by atoms with van der Waals surface area (Å²) in [5, 5.41) is 9.03. The monoisotopic (exact) mass is 201 g/mol. The molecule has 1 fully saturated rings. The van der Waals surface area contributed by atoms with Crippen molar-refractivity contribution in [3.8, 4) is 6.07 Å². The van der Waals surface area contributed by atoms with Gasteiger partial charge in [-0.1, -0.05) is 18.2 Å². The maximum atomic E-state index is 9.03. The third-order valence-corrected chi connectivity index (χ3v) is 3.21. The number of rotatable bonds is 1. The van der Waals surface area contributed by atoms with Crippen molar-refractivity contribution in [3.05, 3.63) is 34.9 Å². The van der Waals surface area contributed by atoms with Crippen molar-refractivity contribution in [3.63, 3.8) is 0 Å². The van der Waals surface area contributed by atoms with E-state index in [2.05, 4.69) is 32.0 Å². The van der Waals surface area contributed by atoms with Gasteiger partial charge < -0.3 is 4.74 Å². The molecule has 1 heterocycles. The first-order chi connectivity index (χ1) is 7.24. The molecule has 2 heteroatoms. The molecule has 1 aromatic carbocycles. The van der Waals surface area contributed by atoms with Crippen LogP contribution in [0.25, 0.3) is 0 Å². The largest absolute Gasteiger partial charge is 0.372 e. The van der Waals surface area contributed by atoms with Crippen molar-refractivity contribution < 1.29 is 4.74 Å². The summed E-state index contributed by atoms with van der Waals surface area (Å²) in [5.74, 6) is 0.0190. The molecule has 0 N–H and O–H groups in total. The van der Waals surface area contributed by atoms with Crippen molar-refractivity contribution in [1.29, 1.82) is 5.26 Å². The van der Waals surface area contributed by atoms with Crippen molar-refractivity contribution in [2.45, 2.75) is 26.4 Å². The summed E-state index contributed by atoms with van der Waals surface area (Å²) in [6, 6.07) is 8.53. The Bertz CT molecular complexity index is 405. The van der Waals surface area contributed by atoms with Gasteiger partial charge in [-0.3, -0.25) is 0 Å². The molecule has 0 spiro atoms. The fourth-order valence-electron chi connectivity index (χ4n) is 2.11. The molecule has 1 saturated heterocycles. The summed E-state index contributed by atoms with van der Waals surface area (Å²) in [5.41, 5.74) is 3.70. The second-order valence-corrected chi connectivity index (χ2v) is 4.10. The van der Waals surface area contributed by atoms with Gasteiger partial charge in [0.15, 0.2) is 0 Å². The molecule has 1 aliphatic rings. The third kappa shape index (κ3) is 1.75. The van der Waals surface area contributed by atoms with Crippen LogP contribution in [-0.4, -0.2) is 6.61 Å². The maximum absolute atomic E-state index is 9.03. The minimum atomic E-state index is -0.0186. The van der Waals surface area contributed by atoms with Crippen LogP contribution < -0.4 is 0 Å². The van der Waals surface area contributed by atoms with Crippen LogP contribution in [0.5, 0.6) is 0 Å². The SMILES string of the molecule is Cc1cccc(C2OCCC2C#N)c1C. The number of nitriles is 1. The molecular weight excluding hydrogens is 186 g/mol. The van der Waals surface area contributed by atoms with Gasteiger partial charge in [-0.25, -0.2) is 0 Å².